The van der Waals surface area contributed by atoms with Crippen LogP contribution in [-0.4, -0.2) is 46.9 Å². The highest BCUT2D eigenvalue weighted by Crippen LogP contribution is 2.14. The van der Waals surface area contributed by atoms with Gasteiger partial charge >= 0.3 is 5.97 Å². The van der Waals surface area contributed by atoms with E-state index in [0.29, 0.717) is 19.3 Å². The summed E-state index contributed by atoms with van der Waals surface area (Å²) >= 11 is 0. The third kappa shape index (κ3) is 41.3. The summed E-state index contributed by atoms with van der Waals surface area (Å²) < 4.78 is 5.81. The molecule has 0 fully saturated rings. The molecule has 0 aromatic heterocycles. The minimum atomic E-state index is -0.828. The van der Waals surface area contributed by atoms with Crippen LogP contribution in [-0.2, 0) is 14.3 Å². The molecule has 0 rings (SSSR count). The first kappa shape index (κ1) is 56.5. The number of unbranched alkanes of at least 4 members (excludes halogenated alkanes) is 12. The molecular weight excluding hydrogens is 743 g/mol. The Labute approximate surface area is 368 Å². The third-order valence-corrected chi connectivity index (χ3v) is 10.1. The number of carbonyl (C=O) groups is 2. The highest BCUT2D eigenvalue weighted by molar-refractivity contribution is 5.77. The summed E-state index contributed by atoms with van der Waals surface area (Å²) in [7, 11) is 0. The topological polar surface area (TPSA) is 95.9 Å². The van der Waals surface area contributed by atoms with E-state index in [1.54, 1.807) is 0 Å². The van der Waals surface area contributed by atoms with Gasteiger partial charge in [-0.2, -0.15) is 0 Å². The van der Waals surface area contributed by atoms with E-state index in [9.17, 15) is 19.8 Å². The molecule has 0 radical (unpaired) electrons. The van der Waals surface area contributed by atoms with Gasteiger partial charge in [0.05, 0.1) is 25.2 Å². The van der Waals surface area contributed by atoms with Crippen LogP contribution in [0.25, 0.3) is 0 Å². The molecule has 0 heterocycles. The maximum atomic E-state index is 13.1. The second-order valence-corrected chi connectivity index (χ2v) is 15.8. The molecule has 0 bridgehead atoms. The zero-order chi connectivity index (χ0) is 43.8. The largest absolute Gasteiger partial charge is 0.461 e. The number of amides is 1. The van der Waals surface area contributed by atoms with Gasteiger partial charge in [0.2, 0.25) is 5.91 Å². The van der Waals surface area contributed by atoms with Gasteiger partial charge in [-0.05, 0) is 77.0 Å². The lowest BCUT2D eigenvalue weighted by Gasteiger charge is -2.24. The summed E-state index contributed by atoms with van der Waals surface area (Å²) in [5.74, 6) is -0.688. The first-order valence-electron chi connectivity index (χ1n) is 24.1. The van der Waals surface area contributed by atoms with Crippen molar-refractivity contribution in [1.29, 1.82) is 0 Å². The smallest absolute Gasteiger partial charge is 0.306 e. The Kier molecular flexibility index (Phi) is 43.9. The molecular formula is C54H89NO5. The van der Waals surface area contributed by atoms with Crippen molar-refractivity contribution >= 4 is 11.9 Å². The fourth-order valence-electron chi connectivity index (χ4n) is 6.46. The van der Waals surface area contributed by atoms with E-state index in [1.807, 2.05) is 18.2 Å². The molecule has 6 nitrogen and oxygen atoms in total. The first-order chi connectivity index (χ1) is 29.5. The molecule has 60 heavy (non-hydrogen) atoms. The van der Waals surface area contributed by atoms with Crippen LogP contribution in [0.3, 0.4) is 0 Å². The molecule has 0 aliphatic rings. The monoisotopic (exact) mass is 832 g/mol. The van der Waals surface area contributed by atoms with Crippen LogP contribution in [0.5, 0.6) is 0 Å². The third-order valence-electron chi connectivity index (χ3n) is 10.1. The molecule has 0 spiro atoms. The van der Waals surface area contributed by atoms with Gasteiger partial charge in [0.1, 0.15) is 6.10 Å². The Bertz CT molecular complexity index is 1250. The van der Waals surface area contributed by atoms with Crippen molar-refractivity contribution in [2.75, 3.05) is 6.61 Å². The van der Waals surface area contributed by atoms with Gasteiger partial charge in [-0.25, -0.2) is 0 Å². The number of aliphatic hydroxyl groups is 2. The molecule has 6 heteroatoms. The van der Waals surface area contributed by atoms with Crippen molar-refractivity contribution in [3.05, 3.63) is 109 Å². The Morgan fingerprint density at radius 3 is 1.42 bits per heavy atom. The second-order valence-electron chi connectivity index (χ2n) is 15.8. The normalized spacial score (nSPS) is 14.3. The van der Waals surface area contributed by atoms with Crippen molar-refractivity contribution in [1.82, 2.24) is 5.32 Å². The van der Waals surface area contributed by atoms with Crippen molar-refractivity contribution in [2.24, 2.45) is 0 Å². The molecule has 1 amide bonds. The van der Waals surface area contributed by atoms with Gasteiger partial charge < -0.3 is 20.3 Å². The number of ether oxygens (including phenoxy) is 1. The Morgan fingerprint density at radius 1 is 0.517 bits per heavy atom. The molecule has 3 atom stereocenters. The average Bonchev–Trinajstić information content (AvgIpc) is 3.24. The van der Waals surface area contributed by atoms with Crippen LogP contribution < -0.4 is 5.32 Å². The highest BCUT2D eigenvalue weighted by atomic mass is 16.5. The highest BCUT2D eigenvalue weighted by Gasteiger charge is 2.23. The average molecular weight is 832 g/mol. The first-order valence-corrected chi connectivity index (χ1v) is 24.1. The van der Waals surface area contributed by atoms with Crippen LogP contribution in [0.1, 0.15) is 194 Å². The standard InChI is InChI=1S/C54H89NO5/c1-4-7-10-13-16-19-22-24-26-28-30-32-35-38-41-44-47-54(59)60-50(45-42-39-36-33-31-29-27-25-23-20-17-14-11-8-5-2)48-53(58)55-51(49-56)52(57)46-43-40-37-34-21-18-15-12-9-6-3/h7,10,16-17,19-20,24-27,30-33,38-39,41-42,50-52,56-57H,4-6,8-9,11-15,18,21-23,28-29,34-37,40,43-49H2,1-3H3,(H,55,58)/b10-7+,19-16+,20-17-,26-24+,27-25-,32-30+,33-31-,41-38+,42-39-. The maximum absolute atomic E-state index is 13.1. The van der Waals surface area contributed by atoms with Gasteiger partial charge in [-0.15, -0.1) is 0 Å². The van der Waals surface area contributed by atoms with Gasteiger partial charge in [0.15, 0.2) is 0 Å². The molecule has 3 unspecified atom stereocenters. The SMILES string of the molecule is CC/C=C/C/C=C/C/C=C/C/C=C/C/C=C/CCC(=O)OC(C/C=C\C/C=C\C/C=C\C/C=C\CCCCC)CC(=O)NC(CO)C(O)CCCCCCCCCCCC. The van der Waals surface area contributed by atoms with Crippen LogP contribution in [0.2, 0.25) is 0 Å². The van der Waals surface area contributed by atoms with Gasteiger partial charge in [0, 0.05) is 12.8 Å². The van der Waals surface area contributed by atoms with Crippen LogP contribution in [0.4, 0.5) is 0 Å². The summed E-state index contributed by atoms with van der Waals surface area (Å²) in [6.07, 6.45) is 63.1. The molecule has 0 aromatic rings. The van der Waals surface area contributed by atoms with E-state index in [1.165, 1.54) is 64.2 Å². The van der Waals surface area contributed by atoms with E-state index in [-0.39, 0.29) is 31.3 Å². The summed E-state index contributed by atoms with van der Waals surface area (Å²) in [6.45, 7) is 6.26. The predicted molar refractivity (Wildman–Crippen MR) is 259 cm³/mol. The molecule has 0 aromatic carbocycles. The van der Waals surface area contributed by atoms with Crippen molar-refractivity contribution in [3.63, 3.8) is 0 Å². The number of hydrogen-bond acceptors (Lipinski definition) is 5. The fourth-order valence-corrected chi connectivity index (χ4v) is 6.46. The van der Waals surface area contributed by atoms with Gasteiger partial charge in [-0.3, -0.25) is 9.59 Å². The number of hydrogen-bond donors (Lipinski definition) is 3. The molecule has 0 aliphatic carbocycles. The number of aliphatic hydroxyl groups excluding tert-OH is 2. The van der Waals surface area contributed by atoms with Crippen LogP contribution in [0, 0.1) is 0 Å². The van der Waals surface area contributed by atoms with Crippen LogP contribution >= 0.6 is 0 Å². The van der Waals surface area contributed by atoms with E-state index >= 15 is 0 Å². The predicted octanol–water partition coefficient (Wildman–Crippen LogP) is 14.3. The zero-order valence-corrected chi connectivity index (χ0v) is 38.5. The van der Waals surface area contributed by atoms with Crippen molar-refractivity contribution in [3.8, 4) is 0 Å². The fraction of sp³-hybridized carbons (Fsp3) is 0.630. The summed E-state index contributed by atoms with van der Waals surface area (Å²) in [5.41, 5.74) is 0. The Hall–Kier alpha value is -3.48. The molecule has 3 N–H and O–H groups in total. The number of carbonyl (C=O) groups excluding carboxylic acids is 2. The van der Waals surface area contributed by atoms with Crippen molar-refractivity contribution < 1.29 is 24.5 Å². The summed E-state index contributed by atoms with van der Waals surface area (Å²) in [4.78, 5) is 26.0. The quantitative estimate of drug-likeness (QED) is 0.0324. The number of allylic oxidation sites excluding steroid dienone is 17. The number of rotatable bonds is 41. The molecule has 0 saturated heterocycles. The summed E-state index contributed by atoms with van der Waals surface area (Å²) in [5, 5.41) is 23.6. The van der Waals surface area contributed by atoms with Crippen molar-refractivity contribution in [2.45, 2.75) is 212 Å². The minimum absolute atomic E-state index is 0.0348. The molecule has 0 saturated carbocycles. The van der Waals surface area contributed by atoms with E-state index in [0.717, 1.165) is 77.0 Å². The lowest BCUT2D eigenvalue weighted by atomic mass is 10.0. The zero-order valence-electron chi connectivity index (χ0n) is 38.5. The van der Waals surface area contributed by atoms with Gasteiger partial charge in [-0.1, -0.05) is 207 Å². The van der Waals surface area contributed by atoms with Crippen LogP contribution in [0.15, 0.2) is 109 Å². The number of nitrogens with one attached hydrogen (secondary N) is 1. The minimum Gasteiger partial charge on any atom is -0.461 e. The molecule has 340 valence electrons. The van der Waals surface area contributed by atoms with E-state index < -0.39 is 18.2 Å². The van der Waals surface area contributed by atoms with E-state index in [2.05, 4.69) is 117 Å². The molecule has 0 aliphatic heterocycles. The summed E-state index contributed by atoms with van der Waals surface area (Å²) in [6, 6.07) is -0.751. The lowest BCUT2D eigenvalue weighted by molar-refractivity contribution is -0.150. The second kappa shape index (κ2) is 46.6. The Morgan fingerprint density at radius 2 is 0.933 bits per heavy atom. The van der Waals surface area contributed by atoms with Gasteiger partial charge in [0.25, 0.3) is 0 Å². The lowest BCUT2D eigenvalue weighted by Crippen LogP contribution is -2.46. The Balaban J connectivity index is 4.89. The maximum Gasteiger partial charge on any atom is 0.306 e. The number of esters is 1. The van der Waals surface area contributed by atoms with E-state index in [4.69, 9.17) is 4.74 Å².